The molecule has 4 nitrogen and oxygen atoms in total. The van der Waals surface area contributed by atoms with E-state index >= 15 is 0 Å². The standard InChI is InChI=1S/C15H26N2O2S/c1-4-5-15(10-18)6-7-17(8-13(15)19)9-14-16-11(2)12(3)20-14/h13,18-19H,4-10H2,1-3H3/t13-,15-/m1/s1. The molecular formula is C15H26N2O2S. The molecule has 1 aromatic rings. The minimum Gasteiger partial charge on any atom is -0.396 e. The Morgan fingerprint density at radius 1 is 1.45 bits per heavy atom. The van der Waals surface area contributed by atoms with E-state index in [4.69, 9.17) is 0 Å². The maximum absolute atomic E-state index is 10.4. The molecule has 2 heterocycles. The molecule has 0 aromatic carbocycles. The molecule has 1 aliphatic heterocycles. The van der Waals surface area contributed by atoms with Gasteiger partial charge < -0.3 is 10.2 Å². The fraction of sp³-hybridized carbons (Fsp3) is 0.800. The van der Waals surface area contributed by atoms with Gasteiger partial charge in [0.1, 0.15) is 5.01 Å². The van der Waals surface area contributed by atoms with Crippen LogP contribution in [0.2, 0.25) is 0 Å². The van der Waals surface area contributed by atoms with E-state index in [1.54, 1.807) is 11.3 Å². The number of aliphatic hydroxyl groups is 2. The van der Waals surface area contributed by atoms with Crippen molar-refractivity contribution in [2.24, 2.45) is 5.41 Å². The highest BCUT2D eigenvalue weighted by Gasteiger charge is 2.41. The maximum Gasteiger partial charge on any atom is 0.107 e. The first-order chi connectivity index (χ1) is 9.50. The van der Waals surface area contributed by atoms with Crippen molar-refractivity contribution in [2.45, 2.75) is 52.7 Å². The molecular weight excluding hydrogens is 272 g/mol. The average molecular weight is 298 g/mol. The van der Waals surface area contributed by atoms with Crippen molar-refractivity contribution in [3.05, 3.63) is 15.6 Å². The molecule has 1 aliphatic rings. The number of hydrogen-bond donors (Lipinski definition) is 2. The summed E-state index contributed by atoms with van der Waals surface area (Å²) in [6, 6.07) is 0. The van der Waals surface area contributed by atoms with Crippen LogP contribution in [-0.4, -0.2) is 45.9 Å². The minimum absolute atomic E-state index is 0.0886. The topological polar surface area (TPSA) is 56.6 Å². The van der Waals surface area contributed by atoms with Gasteiger partial charge in [0.25, 0.3) is 0 Å². The monoisotopic (exact) mass is 298 g/mol. The van der Waals surface area contributed by atoms with E-state index in [1.807, 2.05) is 6.92 Å². The number of aryl methyl sites for hydroxylation is 2. The van der Waals surface area contributed by atoms with E-state index < -0.39 is 6.10 Å². The van der Waals surface area contributed by atoms with Crippen LogP contribution in [0.1, 0.15) is 41.8 Å². The minimum atomic E-state index is -0.441. The van der Waals surface area contributed by atoms with Crippen molar-refractivity contribution in [3.63, 3.8) is 0 Å². The summed E-state index contributed by atoms with van der Waals surface area (Å²) < 4.78 is 0. The Kier molecular flexibility index (Phi) is 5.18. The first kappa shape index (κ1) is 15.9. The molecule has 5 heteroatoms. The summed E-state index contributed by atoms with van der Waals surface area (Å²) in [7, 11) is 0. The van der Waals surface area contributed by atoms with Crippen LogP contribution in [-0.2, 0) is 6.54 Å². The SMILES string of the molecule is CCC[C@]1(CO)CCN(Cc2nc(C)c(C)s2)C[C@H]1O. The lowest BCUT2D eigenvalue weighted by Gasteiger charge is -2.44. The molecule has 0 saturated carbocycles. The van der Waals surface area contributed by atoms with Gasteiger partial charge in [-0.3, -0.25) is 4.90 Å². The third-order valence-corrected chi connectivity index (χ3v) is 5.62. The number of nitrogens with zero attached hydrogens (tertiary/aromatic N) is 2. The average Bonchev–Trinajstić information content (AvgIpc) is 2.72. The molecule has 0 amide bonds. The van der Waals surface area contributed by atoms with E-state index in [-0.39, 0.29) is 12.0 Å². The van der Waals surface area contributed by atoms with Crippen molar-refractivity contribution >= 4 is 11.3 Å². The Labute approximate surface area is 125 Å². The second kappa shape index (κ2) is 6.52. The smallest absolute Gasteiger partial charge is 0.107 e. The van der Waals surface area contributed by atoms with E-state index in [9.17, 15) is 10.2 Å². The van der Waals surface area contributed by atoms with Gasteiger partial charge in [-0.25, -0.2) is 4.98 Å². The van der Waals surface area contributed by atoms with Gasteiger partial charge in [-0.2, -0.15) is 0 Å². The lowest BCUT2D eigenvalue weighted by atomic mass is 9.73. The molecule has 20 heavy (non-hydrogen) atoms. The van der Waals surface area contributed by atoms with Crippen LogP contribution in [0.25, 0.3) is 0 Å². The van der Waals surface area contributed by atoms with Crippen molar-refractivity contribution in [2.75, 3.05) is 19.7 Å². The van der Waals surface area contributed by atoms with Gasteiger partial charge in [-0.1, -0.05) is 13.3 Å². The summed E-state index contributed by atoms with van der Waals surface area (Å²) in [6.07, 6.45) is 2.32. The lowest BCUT2D eigenvalue weighted by Crippen LogP contribution is -2.52. The molecule has 114 valence electrons. The molecule has 1 saturated heterocycles. The number of aromatic nitrogens is 1. The second-order valence-corrected chi connectivity index (χ2v) is 7.31. The molecule has 0 bridgehead atoms. The highest BCUT2D eigenvalue weighted by Crippen LogP contribution is 2.36. The molecule has 1 aromatic heterocycles. The summed E-state index contributed by atoms with van der Waals surface area (Å²) in [6.45, 7) is 8.71. The molecule has 0 aliphatic carbocycles. The summed E-state index contributed by atoms with van der Waals surface area (Å²) in [5.74, 6) is 0. The van der Waals surface area contributed by atoms with Crippen LogP contribution in [0.5, 0.6) is 0 Å². The van der Waals surface area contributed by atoms with Gasteiger partial charge in [0.05, 0.1) is 24.9 Å². The summed E-state index contributed by atoms with van der Waals surface area (Å²) in [5.41, 5.74) is 0.818. The molecule has 2 N–H and O–H groups in total. The molecule has 0 radical (unpaired) electrons. The zero-order chi connectivity index (χ0) is 14.8. The van der Waals surface area contributed by atoms with Gasteiger partial charge in [-0.05, 0) is 33.2 Å². The van der Waals surface area contributed by atoms with Gasteiger partial charge in [0.15, 0.2) is 0 Å². The summed E-state index contributed by atoms with van der Waals surface area (Å²) >= 11 is 1.74. The quantitative estimate of drug-likeness (QED) is 0.874. The highest BCUT2D eigenvalue weighted by molar-refractivity contribution is 7.11. The largest absolute Gasteiger partial charge is 0.396 e. The Bertz CT molecular complexity index is 430. The predicted octanol–water partition coefficient (Wildman–Crippen LogP) is 2.11. The van der Waals surface area contributed by atoms with Gasteiger partial charge in [-0.15, -0.1) is 11.3 Å². The van der Waals surface area contributed by atoms with Crippen molar-refractivity contribution < 1.29 is 10.2 Å². The Hall–Kier alpha value is -0.490. The third kappa shape index (κ3) is 3.22. The molecule has 2 atom stereocenters. The lowest BCUT2D eigenvalue weighted by molar-refractivity contribution is -0.0802. The van der Waals surface area contributed by atoms with Gasteiger partial charge >= 0.3 is 0 Å². The third-order valence-electron chi connectivity index (χ3n) is 4.56. The van der Waals surface area contributed by atoms with Crippen LogP contribution in [0.4, 0.5) is 0 Å². The second-order valence-electron chi connectivity index (χ2n) is 6.02. The Balaban J connectivity index is 1.98. The maximum atomic E-state index is 10.4. The zero-order valence-electron chi connectivity index (χ0n) is 12.7. The number of aliphatic hydroxyl groups excluding tert-OH is 2. The fourth-order valence-corrected chi connectivity index (χ4v) is 4.05. The number of likely N-dealkylation sites (tertiary alicyclic amines) is 1. The van der Waals surface area contributed by atoms with Gasteiger partial charge in [0, 0.05) is 16.8 Å². The molecule has 1 fully saturated rings. The van der Waals surface area contributed by atoms with Crippen molar-refractivity contribution in [1.82, 2.24) is 9.88 Å². The van der Waals surface area contributed by atoms with Crippen LogP contribution < -0.4 is 0 Å². The van der Waals surface area contributed by atoms with E-state index in [0.717, 1.165) is 43.1 Å². The van der Waals surface area contributed by atoms with E-state index in [0.29, 0.717) is 6.54 Å². The fourth-order valence-electron chi connectivity index (χ4n) is 3.07. The summed E-state index contributed by atoms with van der Waals surface area (Å²) in [5, 5.41) is 21.2. The highest BCUT2D eigenvalue weighted by atomic mass is 32.1. The molecule has 2 rings (SSSR count). The molecule has 0 unspecified atom stereocenters. The van der Waals surface area contributed by atoms with Crippen LogP contribution in [0, 0.1) is 19.3 Å². The predicted molar refractivity (Wildman–Crippen MR) is 81.9 cm³/mol. The van der Waals surface area contributed by atoms with Crippen molar-refractivity contribution in [1.29, 1.82) is 0 Å². The van der Waals surface area contributed by atoms with Gasteiger partial charge in [0.2, 0.25) is 0 Å². The number of rotatable bonds is 5. The first-order valence-corrected chi connectivity index (χ1v) is 8.26. The van der Waals surface area contributed by atoms with E-state index in [1.165, 1.54) is 4.88 Å². The normalized spacial score (nSPS) is 27.9. The number of thiazole rings is 1. The van der Waals surface area contributed by atoms with Crippen LogP contribution >= 0.6 is 11.3 Å². The zero-order valence-corrected chi connectivity index (χ0v) is 13.5. The number of β-amino-alcohol motifs (C(OH)–C–C–N with tert-alkyl or cyclic N) is 1. The number of piperidine rings is 1. The summed E-state index contributed by atoms with van der Waals surface area (Å²) in [4.78, 5) is 8.10. The Morgan fingerprint density at radius 3 is 2.70 bits per heavy atom. The Morgan fingerprint density at radius 2 is 2.20 bits per heavy atom. The van der Waals surface area contributed by atoms with Crippen molar-refractivity contribution in [3.8, 4) is 0 Å². The molecule has 0 spiro atoms. The van der Waals surface area contributed by atoms with E-state index in [2.05, 4.69) is 23.7 Å². The van der Waals surface area contributed by atoms with Crippen LogP contribution in [0.15, 0.2) is 0 Å². The number of hydrogen-bond acceptors (Lipinski definition) is 5. The van der Waals surface area contributed by atoms with Crippen LogP contribution in [0.3, 0.4) is 0 Å². The first-order valence-electron chi connectivity index (χ1n) is 7.45.